The highest BCUT2D eigenvalue weighted by atomic mass is 35.5. The quantitative estimate of drug-likeness (QED) is 0.437. The molecular weight excluding hydrogens is 359 g/mol. The van der Waals surface area contributed by atoms with E-state index in [0.29, 0.717) is 26.9 Å². The molecule has 3 nitrogen and oxygen atoms in total. The summed E-state index contributed by atoms with van der Waals surface area (Å²) in [5.74, 6) is -0.324. The summed E-state index contributed by atoms with van der Waals surface area (Å²) in [5, 5.41) is 2.66. The van der Waals surface area contributed by atoms with Crippen molar-refractivity contribution in [3.8, 4) is 22.5 Å². The number of nitrogens with zero attached hydrogens (tertiary/aromatic N) is 2. The van der Waals surface area contributed by atoms with Crippen molar-refractivity contribution in [3.05, 3.63) is 69.9 Å². The average molecular weight is 371 g/mol. The minimum absolute atomic E-state index is 0.324. The molecule has 0 amide bonds. The van der Waals surface area contributed by atoms with Gasteiger partial charge in [0.15, 0.2) is 11.2 Å². The van der Waals surface area contributed by atoms with Crippen LogP contribution in [0.5, 0.6) is 0 Å². The van der Waals surface area contributed by atoms with Crippen LogP contribution in [0.1, 0.15) is 16.1 Å². The van der Waals surface area contributed by atoms with E-state index in [1.54, 1.807) is 12.1 Å². The van der Waals surface area contributed by atoms with Crippen molar-refractivity contribution >= 4 is 34.2 Å². The second-order valence-corrected chi connectivity index (χ2v) is 6.92. The van der Waals surface area contributed by atoms with Crippen molar-refractivity contribution < 1.29 is 9.18 Å². The Bertz CT molecular complexity index is 1100. The monoisotopic (exact) mass is 370 g/mol. The number of carbonyl (C=O) groups is 1. The van der Waals surface area contributed by atoms with Gasteiger partial charge in [0, 0.05) is 16.0 Å². The van der Waals surface area contributed by atoms with E-state index in [1.807, 2.05) is 34.9 Å². The summed E-state index contributed by atoms with van der Waals surface area (Å²) >= 11 is 7.57. The third-order valence-electron chi connectivity index (χ3n) is 4.08. The number of aldehydes is 1. The number of hydrogen-bond donors (Lipinski definition) is 0. The van der Waals surface area contributed by atoms with Gasteiger partial charge in [-0.3, -0.25) is 9.20 Å². The van der Waals surface area contributed by atoms with E-state index in [2.05, 4.69) is 4.98 Å². The van der Waals surface area contributed by atoms with Gasteiger partial charge in [-0.2, -0.15) is 0 Å². The number of thiazole rings is 1. The second-order valence-electron chi connectivity index (χ2n) is 5.67. The molecule has 2 heterocycles. The van der Waals surface area contributed by atoms with Gasteiger partial charge in [0.2, 0.25) is 0 Å². The molecule has 2 aromatic carbocycles. The number of carbonyl (C=O) groups excluding carboxylic acids is 1. The standard InChI is InChI=1S/C19H12ClFN2OS/c1-11-8-13(4-7-15(11)20)17-10-25-19-22-18(16(9-24)23(17)19)12-2-5-14(21)6-3-12/h2-10H,1H3. The lowest BCUT2D eigenvalue weighted by Gasteiger charge is -2.05. The molecular formula is C19H12ClFN2OS. The van der Waals surface area contributed by atoms with Crippen molar-refractivity contribution in [2.75, 3.05) is 0 Å². The first kappa shape index (κ1) is 16.0. The topological polar surface area (TPSA) is 34.4 Å². The average Bonchev–Trinajstić information content (AvgIpc) is 3.17. The Kier molecular flexibility index (Phi) is 3.90. The van der Waals surface area contributed by atoms with Crippen LogP contribution >= 0.6 is 22.9 Å². The Morgan fingerprint density at radius 1 is 1.16 bits per heavy atom. The zero-order chi connectivity index (χ0) is 17.6. The molecule has 4 aromatic rings. The number of aryl methyl sites for hydroxylation is 1. The fourth-order valence-electron chi connectivity index (χ4n) is 2.81. The van der Waals surface area contributed by atoms with Crippen molar-refractivity contribution in [3.63, 3.8) is 0 Å². The summed E-state index contributed by atoms with van der Waals surface area (Å²) in [6, 6.07) is 11.7. The third kappa shape index (κ3) is 2.65. The molecule has 0 aliphatic heterocycles. The fraction of sp³-hybridized carbons (Fsp3) is 0.0526. The first-order valence-corrected chi connectivity index (χ1v) is 8.82. The van der Waals surface area contributed by atoms with Crippen LogP contribution in [0.3, 0.4) is 0 Å². The SMILES string of the molecule is Cc1cc(-c2csc3nc(-c4ccc(F)cc4)c(C=O)n23)ccc1Cl. The summed E-state index contributed by atoms with van der Waals surface area (Å²) in [7, 11) is 0. The molecule has 0 bridgehead atoms. The zero-order valence-corrected chi connectivity index (χ0v) is 14.7. The normalized spacial score (nSPS) is 11.2. The molecule has 0 N–H and O–H groups in total. The van der Waals surface area contributed by atoms with Crippen LogP contribution in [0, 0.1) is 12.7 Å². The van der Waals surface area contributed by atoms with E-state index in [4.69, 9.17) is 11.6 Å². The van der Waals surface area contributed by atoms with Gasteiger partial charge in [0.25, 0.3) is 0 Å². The van der Waals surface area contributed by atoms with Crippen LogP contribution in [0.25, 0.3) is 27.5 Å². The van der Waals surface area contributed by atoms with Gasteiger partial charge in [-0.1, -0.05) is 17.7 Å². The summed E-state index contributed by atoms with van der Waals surface area (Å²) in [5.41, 5.74) is 4.50. The molecule has 124 valence electrons. The molecule has 25 heavy (non-hydrogen) atoms. The molecule has 0 aliphatic rings. The first-order chi connectivity index (χ1) is 12.1. The number of halogens is 2. The maximum Gasteiger partial charge on any atom is 0.195 e. The van der Waals surface area contributed by atoms with Crippen LogP contribution < -0.4 is 0 Å². The highest BCUT2D eigenvalue weighted by Gasteiger charge is 2.18. The Balaban J connectivity index is 1.95. The van der Waals surface area contributed by atoms with Gasteiger partial charge in [-0.05, 0) is 54.4 Å². The van der Waals surface area contributed by atoms with Gasteiger partial charge < -0.3 is 0 Å². The molecule has 2 aromatic heterocycles. The molecule has 0 aliphatic carbocycles. The maximum atomic E-state index is 13.2. The highest BCUT2D eigenvalue weighted by Crippen LogP contribution is 2.33. The van der Waals surface area contributed by atoms with Gasteiger partial charge in [0.05, 0.1) is 5.69 Å². The maximum absolute atomic E-state index is 13.2. The predicted octanol–water partition coefficient (Wildman–Crippen LogP) is 5.64. The molecule has 0 unspecified atom stereocenters. The smallest absolute Gasteiger partial charge is 0.195 e. The number of imidazole rings is 1. The van der Waals surface area contributed by atoms with E-state index in [-0.39, 0.29) is 5.82 Å². The molecule has 0 spiro atoms. The minimum atomic E-state index is -0.324. The van der Waals surface area contributed by atoms with E-state index in [1.165, 1.54) is 23.5 Å². The second kappa shape index (κ2) is 6.10. The van der Waals surface area contributed by atoms with Crippen molar-refractivity contribution in [2.45, 2.75) is 6.92 Å². The minimum Gasteiger partial charge on any atom is -0.296 e. The molecule has 6 heteroatoms. The molecule has 0 saturated carbocycles. The Labute approximate surface area is 152 Å². The van der Waals surface area contributed by atoms with E-state index in [9.17, 15) is 9.18 Å². The van der Waals surface area contributed by atoms with Gasteiger partial charge in [-0.25, -0.2) is 9.37 Å². The van der Waals surface area contributed by atoms with Crippen LogP contribution in [0.4, 0.5) is 4.39 Å². The number of aromatic nitrogens is 2. The largest absolute Gasteiger partial charge is 0.296 e. The fourth-order valence-corrected chi connectivity index (χ4v) is 3.84. The van der Waals surface area contributed by atoms with Crippen LogP contribution in [-0.2, 0) is 0 Å². The third-order valence-corrected chi connectivity index (χ3v) is 5.33. The Morgan fingerprint density at radius 2 is 1.88 bits per heavy atom. The van der Waals surface area contributed by atoms with Crippen molar-refractivity contribution in [1.82, 2.24) is 9.38 Å². The van der Waals surface area contributed by atoms with Crippen LogP contribution in [-0.4, -0.2) is 15.7 Å². The molecule has 0 atom stereocenters. The highest BCUT2D eigenvalue weighted by molar-refractivity contribution is 7.15. The lowest BCUT2D eigenvalue weighted by molar-refractivity contribution is 0.111. The molecule has 4 rings (SSSR count). The Hall–Kier alpha value is -2.50. The van der Waals surface area contributed by atoms with Crippen molar-refractivity contribution in [1.29, 1.82) is 0 Å². The predicted molar refractivity (Wildman–Crippen MR) is 99.0 cm³/mol. The van der Waals surface area contributed by atoms with Crippen LogP contribution in [0.15, 0.2) is 47.8 Å². The van der Waals surface area contributed by atoms with E-state index in [0.717, 1.165) is 23.1 Å². The number of benzene rings is 2. The molecule has 0 fully saturated rings. The Morgan fingerprint density at radius 3 is 2.56 bits per heavy atom. The lowest BCUT2D eigenvalue weighted by atomic mass is 10.1. The zero-order valence-electron chi connectivity index (χ0n) is 13.2. The summed E-state index contributed by atoms with van der Waals surface area (Å²) in [6.45, 7) is 1.94. The van der Waals surface area contributed by atoms with Gasteiger partial charge >= 0.3 is 0 Å². The van der Waals surface area contributed by atoms with E-state index < -0.39 is 0 Å². The summed E-state index contributed by atoms with van der Waals surface area (Å²) in [6.07, 6.45) is 0.789. The molecule has 0 saturated heterocycles. The number of hydrogen-bond acceptors (Lipinski definition) is 3. The number of rotatable bonds is 3. The van der Waals surface area contributed by atoms with Gasteiger partial charge in [-0.15, -0.1) is 11.3 Å². The van der Waals surface area contributed by atoms with Gasteiger partial charge in [0.1, 0.15) is 17.2 Å². The first-order valence-electron chi connectivity index (χ1n) is 7.56. The molecule has 0 radical (unpaired) electrons. The van der Waals surface area contributed by atoms with E-state index >= 15 is 0 Å². The van der Waals surface area contributed by atoms with Crippen molar-refractivity contribution in [2.24, 2.45) is 0 Å². The number of fused-ring (bicyclic) bond motifs is 1. The summed E-state index contributed by atoms with van der Waals surface area (Å²) < 4.78 is 15.0. The van der Waals surface area contributed by atoms with Crippen LogP contribution in [0.2, 0.25) is 5.02 Å². The lowest BCUT2D eigenvalue weighted by Crippen LogP contribution is -1.94. The summed E-state index contributed by atoms with van der Waals surface area (Å²) in [4.78, 5) is 17.1.